The first-order chi connectivity index (χ1) is 8.83. The van der Waals surface area contributed by atoms with E-state index in [9.17, 15) is 9.59 Å². The Bertz CT molecular complexity index is 383. The average molecular weight is 268 g/mol. The number of carbonyl (C=O) groups is 2. The molecule has 19 heavy (non-hydrogen) atoms. The van der Waals surface area contributed by atoms with Crippen LogP contribution < -0.4 is 5.32 Å². The Morgan fingerprint density at radius 1 is 1.47 bits per heavy atom. The highest BCUT2D eigenvalue weighted by molar-refractivity contribution is 5.79. The smallest absolute Gasteiger partial charge is 0.317 e. The largest absolute Gasteiger partial charge is 0.481 e. The summed E-state index contributed by atoms with van der Waals surface area (Å²) in [7, 11) is 0. The number of carboxylic acid groups (broad SMARTS) is 1. The molecule has 0 radical (unpaired) electrons. The Balaban J connectivity index is 1.75. The van der Waals surface area contributed by atoms with Crippen LogP contribution in [0.1, 0.15) is 33.6 Å². The van der Waals surface area contributed by atoms with Crippen molar-refractivity contribution in [3.05, 3.63) is 0 Å². The third-order valence-electron chi connectivity index (χ3n) is 4.63. The molecule has 5 nitrogen and oxygen atoms in total. The molecule has 3 atom stereocenters. The number of hydrogen-bond acceptors (Lipinski definition) is 2. The zero-order chi connectivity index (χ0) is 14.2. The molecule has 2 rings (SSSR count). The molecule has 1 saturated carbocycles. The SMILES string of the molecule is CC(C)[C@@H]1C[C@H]1CNC(=O)N1CCC(C)(C(=O)O)C1. The van der Waals surface area contributed by atoms with Gasteiger partial charge in [-0.3, -0.25) is 4.79 Å². The fourth-order valence-electron chi connectivity index (χ4n) is 2.96. The van der Waals surface area contributed by atoms with Crippen LogP contribution in [0.25, 0.3) is 0 Å². The predicted octanol–water partition coefficient (Wildman–Crippen LogP) is 1.78. The lowest BCUT2D eigenvalue weighted by molar-refractivity contribution is -0.146. The molecule has 2 fully saturated rings. The van der Waals surface area contributed by atoms with Crippen molar-refractivity contribution in [2.45, 2.75) is 33.6 Å². The number of urea groups is 1. The lowest BCUT2D eigenvalue weighted by atomic mass is 9.90. The van der Waals surface area contributed by atoms with Crippen LogP contribution in [0.3, 0.4) is 0 Å². The van der Waals surface area contributed by atoms with E-state index in [4.69, 9.17) is 5.11 Å². The van der Waals surface area contributed by atoms with E-state index in [1.807, 2.05) is 0 Å². The lowest BCUT2D eigenvalue weighted by Crippen LogP contribution is -2.41. The van der Waals surface area contributed by atoms with Gasteiger partial charge in [0.2, 0.25) is 0 Å². The van der Waals surface area contributed by atoms with Gasteiger partial charge in [0.05, 0.1) is 5.41 Å². The number of rotatable bonds is 4. The third kappa shape index (κ3) is 3.01. The summed E-state index contributed by atoms with van der Waals surface area (Å²) in [6, 6.07) is -0.112. The van der Waals surface area contributed by atoms with E-state index in [1.54, 1.807) is 11.8 Å². The topological polar surface area (TPSA) is 69.6 Å². The van der Waals surface area contributed by atoms with Gasteiger partial charge in [0.25, 0.3) is 0 Å². The highest BCUT2D eigenvalue weighted by Crippen LogP contribution is 2.43. The summed E-state index contributed by atoms with van der Waals surface area (Å²) in [6.45, 7) is 7.70. The summed E-state index contributed by atoms with van der Waals surface area (Å²) >= 11 is 0. The van der Waals surface area contributed by atoms with Crippen molar-refractivity contribution < 1.29 is 14.7 Å². The molecule has 108 valence electrons. The molecule has 0 spiro atoms. The summed E-state index contributed by atoms with van der Waals surface area (Å²) in [5.74, 6) is 1.22. The quantitative estimate of drug-likeness (QED) is 0.816. The molecule has 2 aliphatic rings. The molecule has 5 heteroatoms. The number of amides is 2. The second-order valence-electron chi connectivity index (χ2n) is 6.63. The lowest BCUT2D eigenvalue weighted by Gasteiger charge is -2.20. The standard InChI is InChI=1S/C14H24N2O3/c1-9(2)11-6-10(11)7-15-13(19)16-5-4-14(3,8-16)12(17)18/h9-11H,4-8H2,1-3H3,(H,15,19)(H,17,18)/t10-,11-,14?/m0/s1. The van der Waals surface area contributed by atoms with Crippen molar-refractivity contribution in [2.75, 3.05) is 19.6 Å². The van der Waals surface area contributed by atoms with Gasteiger partial charge in [0.15, 0.2) is 0 Å². The first-order valence-electron chi connectivity index (χ1n) is 7.09. The van der Waals surface area contributed by atoms with Gasteiger partial charge in [-0.05, 0) is 37.5 Å². The minimum Gasteiger partial charge on any atom is -0.481 e. The van der Waals surface area contributed by atoms with Crippen molar-refractivity contribution in [2.24, 2.45) is 23.2 Å². The van der Waals surface area contributed by atoms with Crippen LogP contribution in [-0.4, -0.2) is 41.6 Å². The molecule has 1 unspecified atom stereocenters. The molecule has 0 aromatic rings. The van der Waals surface area contributed by atoms with Crippen molar-refractivity contribution >= 4 is 12.0 Å². The van der Waals surface area contributed by atoms with Crippen LogP contribution >= 0.6 is 0 Å². The molecule has 0 aromatic heterocycles. The first-order valence-corrected chi connectivity index (χ1v) is 7.09. The number of carbonyl (C=O) groups excluding carboxylic acids is 1. The Morgan fingerprint density at radius 2 is 2.16 bits per heavy atom. The van der Waals surface area contributed by atoms with E-state index in [0.29, 0.717) is 31.3 Å². The van der Waals surface area contributed by atoms with Crippen molar-refractivity contribution in [1.29, 1.82) is 0 Å². The van der Waals surface area contributed by atoms with Crippen molar-refractivity contribution in [3.63, 3.8) is 0 Å². The maximum Gasteiger partial charge on any atom is 0.317 e. The number of nitrogens with zero attached hydrogens (tertiary/aromatic N) is 1. The van der Waals surface area contributed by atoms with E-state index in [1.165, 1.54) is 6.42 Å². The summed E-state index contributed by atoms with van der Waals surface area (Å²) in [5, 5.41) is 12.1. The van der Waals surface area contributed by atoms with Gasteiger partial charge < -0.3 is 15.3 Å². The van der Waals surface area contributed by atoms with Gasteiger partial charge in [-0.2, -0.15) is 0 Å². The highest BCUT2D eigenvalue weighted by Gasteiger charge is 2.43. The summed E-state index contributed by atoms with van der Waals surface area (Å²) in [6.07, 6.45) is 1.73. The summed E-state index contributed by atoms with van der Waals surface area (Å²) < 4.78 is 0. The molecule has 2 amide bonds. The molecule has 1 aliphatic heterocycles. The number of aliphatic carboxylic acids is 1. The fraction of sp³-hybridized carbons (Fsp3) is 0.857. The van der Waals surface area contributed by atoms with Crippen molar-refractivity contribution in [1.82, 2.24) is 10.2 Å². The predicted molar refractivity (Wildman–Crippen MR) is 71.8 cm³/mol. The number of hydrogen-bond donors (Lipinski definition) is 2. The Labute approximate surface area is 114 Å². The van der Waals surface area contributed by atoms with Gasteiger partial charge in [0, 0.05) is 19.6 Å². The van der Waals surface area contributed by atoms with Crippen LogP contribution in [0.5, 0.6) is 0 Å². The zero-order valence-electron chi connectivity index (χ0n) is 12.0. The maximum absolute atomic E-state index is 12.0. The summed E-state index contributed by atoms with van der Waals surface area (Å²) in [4.78, 5) is 24.7. The molecular weight excluding hydrogens is 244 g/mol. The number of likely N-dealkylation sites (tertiary alicyclic amines) is 1. The Hall–Kier alpha value is -1.26. The van der Waals surface area contributed by atoms with Crippen LogP contribution in [0.2, 0.25) is 0 Å². The second-order valence-corrected chi connectivity index (χ2v) is 6.63. The van der Waals surface area contributed by atoms with Crippen LogP contribution in [0.4, 0.5) is 4.79 Å². The third-order valence-corrected chi connectivity index (χ3v) is 4.63. The molecule has 1 aliphatic carbocycles. The Kier molecular flexibility index (Phi) is 3.74. The minimum absolute atomic E-state index is 0.112. The monoisotopic (exact) mass is 268 g/mol. The fourth-order valence-corrected chi connectivity index (χ4v) is 2.96. The second kappa shape index (κ2) is 5.02. The Morgan fingerprint density at radius 3 is 2.63 bits per heavy atom. The number of nitrogens with one attached hydrogen (secondary N) is 1. The van der Waals surface area contributed by atoms with Gasteiger partial charge >= 0.3 is 12.0 Å². The zero-order valence-corrected chi connectivity index (χ0v) is 12.0. The number of carboxylic acids is 1. The first kappa shape index (κ1) is 14.2. The molecule has 1 saturated heterocycles. The van der Waals surface area contributed by atoms with Crippen LogP contribution in [0, 0.1) is 23.2 Å². The van der Waals surface area contributed by atoms with E-state index in [2.05, 4.69) is 19.2 Å². The molecule has 2 N–H and O–H groups in total. The van der Waals surface area contributed by atoms with Gasteiger partial charge in [-0.15, -0.1) is 0 Å². The summed E-state index contributed by atoms with van der Waals surface area (Å²) in [5.41, 5.74) is -0.780. The van der Waals surface area contributed by atoms with Gasteiger partial charge in [-0.25, -0.2) is 4.79 Å². The normalized spacial score (nSPS) is 33.6. The van der Waals surface area contributed by atoms with Gasteiger partial charge in [0.1, 0.15) is 0 Å². The van der Waals surface area contributed by atoms with Gasteiger partial charge in [-0.1, -0.05) is 13.8 Å². The van der Waals surface area contributed by atoms with E-state index < -0.39 is 11.4 Å². The van der Waals surface area contributed by atoms with E-state index in [0.717, 1.165) is 12.5 Å². The maximum atomic E-state index is 12.0. The molecule has 1 heterocycles. The van der Waals surface area contributed by atoms with E-state index >= 15 is 0 Å². The minimum atomic E-state index is -0.815. The molecule has 0 aromatic carbocycles. The molecular formula is C14H24N2O3. The van der Waals surface area contributed by atoms with Crippen LogP contribution in [-0.2, 0) is 4.79 Å². The van der Waals surface area contributed by atoms with Crippen molar-refractivity contribution in [3.8, 4) is 0 Å². The molecule has 0 bridgehead atoms. The average Bonchev–Trinajstić information content (AvgIpc) is 3.01. The van der Waals surface area contributed by atoms with E-state index in [-0.39, 0.29) is 6.03 Å². The highest BCUT2D eigenvalue weighted by atomic mass is 16.4. The van der Waals surface area contributed by atoms with Crippen LogP contribution in [0.15, 0.2) is 0 Å².